The van der Waals surface area contributed by atoms with Gasteiger partial charge in [-0.1, -0.05) is 25.4 Å². The number of aliphatic hydroxyl groups is 1. The van der Waals surface area contributed by atoms with Gasteiger partial charge >= 0.3 is 0 Å². The van der Waals surface area contributed by atoms with Crippen LogP contribution in [0.2, 0.25) is 5.02 Å². The Morgan fingerprint density at radius 1 is 1.45 bits per heavy atom. The molecule has 0 fully saturated rings. The second-order valence-corrected chi connectivity index (χ2v) is 5.02. The lowest BCUT2D eigenvalue weighted by Crippen LogP contribution is -2.35. The zero-order chi connectivity index (χ0) is 15.0. The number of aliphatic hydroxyl groups excluding tert-OH is 1. The predicted octanol–water partition coefficient (Wildman–Crippen LogP) is 3.02. The smallest absolute Gasteiger partial charge is 0.255 e. The number of carbonyl (C=O) groups is 1. The molecule has 0 radical (unpaired) electrons. The fourth-order valence-corrected chi connectivity index (χ4v) is 1.99. The summed E-state index contributed by atoms with van der Waals surface area (Å²) in [6.07, 6.45) is 2.16. The third kappa shape index (κ3) is 5.02. The van der Waals surface area contributed by atoms with E-state index < -0.39 is 0 Å². The third-order valence-corrected chi connectivity index (χ3v) is 3.19. The summed E-state index contributed by atoms with van der Waals surface area (Å²) in [5.74, 6) is 0.312. The Balaban J connectivity index is 2.86. The Morgan fingerprint density at radius 3 is 2.80 bits per heavy atom. The number of carbonyl (C=O) groups excluding carboxylic acids is 1. The normalized spacial score (nSPS) is 12.0. The minimum absolute atomic E-state index is 0.0491. The quantitative estimate of drug-likeness (QED) is 0.776. The molecule has 20 heavy (non-hydrogen) atoms. The Labute approximate surface area is 125 Å². The number of halogens is 1. The van der Waals surface area contributed by atoms with Crippen LogP contribution in [-0.2, 0) is 0 Å². The van der Waals surface area contributed by atoms with E-state index >= 15 is 0 Å². The van der Waals surface area contributed by atoms with E-state index in [4.69, 9.17) is 21.4 Å². The molecular formula is C15H22ClNO3. The lowest BCUT2D eigenvalue weighted by molar-refractivity contribution is 0.0925. The van der Waals surface area contributed by atoms with Gasteiger partial charge in [0.25, 0.3) is 5.91 Å². The minimum Gasteiger partial charge on any atom is -0.493 e. The van der Waals surface area contributed by atoms with Crippen molar-refractivity contribution in [3.63, 3.8) is 0 Å². The van der Waals surface area contributed by atoms with Crippen LogP contribution in [0.5, 0.6) is 5.75 Å². The number of amides is 1. The van der Waals surface area contributed by atoms with Crippen molar-refractivity contribution in [1.82, 2.24) is 5.32 Å². The minimum atomic E-state index is -0.223. The molecule has 1 unspecified atom stereocenters. The average Bonchev–Trinajstić information content (AvgIpc) is 2.45. The summed E-state index contributed by atoms with van der Waals surface area (Å²) >= 11 is 5.95. The van der Waals surface area contributed by atoms with Crippen molar-refractivity contribution in [2.75, 3.05) is 13.2 Å². The maximum absolute atomic E-state index is 12.3. The van der Waals surface area contributed by atoms with Gasteiger partial charge in [-0.3, -0.25) is 4.79 Å². The first-order valence-corrected chi connectivity index (χ1v) is 7.34. The molecule has 0 bridgehead atoms. The first-order valence-electron chi connectivity index (χ1n) is 6.96. The van der Waals surface area contributed by atoms with Crippen LogP contribution >= 0.6 is 11.6 Å². The van der Waals surface area contributed by atoms with Crippen LogP contribution in [0.15, 0.2) is 18.2 Å². The van der Waals surface area contributed by atoms with Crippen LogP contribution in [0.3, 0.4) is 0 Å². The fourth-order valence-electron chi connectivity index (χ4n) is 1.81. The van der Waals surface area contributed by atoms with Gasteiger partial charge in [0.15, 0.2) is 0 Å². The maximum Gasteiger partial charge on any atom is 0.255 e. The summed E-state index contributed by atoms with van der Waals surface area (Å²) in [5.41, 5.74) is 0.433. The molecule has 0 aliphatic heterocycles. The number of ether oxygens (including phenoxy) is 1. The van der Waals surface area contributed by atoms with Crippen LogP contribution < -0.4 is 10.1 Å². The molecule has 5 heteroatoms. The van der Waals surface area contributed by atoms with E-state index in [1.54, 1.807) is 18.2 Å². The summed E-state index contributed by atoms with van der Waals surface area (Å²) in [7, 11) is 0. The van der Waals surface area contributed by atoms with Crippen molar-refractivity contribution >= 4 is 17.5 Å². The summed E-state index contributed by atoms with van der Waals surface area (Å²) < 4.78 is 5.57. The van der Waals surface area contributed by atoms with Crippen molar-refractivity contribution in [2.24, 2.45) is 0 Å². The molecule has 0 saturated heterocycles. The highest BCUT2D eigenvalue weighted by atomic mass is 35.5. The van der Waals surface area contributed by atoms with Crippen molar-refractivity contribution in [3.8, 4) is 5.75 Å². The van der Waals surface area contributed by atoms with E-state index in [1.165, 1.54) is 0 Å². The summed E-state index contributed by atoms with van der Waals surface area (Å²) in [6.45, 7) is 4.57. The highest BCUT2D eigenvalue weighted by Crippen LogP contribution is 2.23. The molecule has 1 aromatic rings. The molecule has 1 atom stereocenters. The van der Waals surface area contributed by atoms with E-state index in [9.17, 15) is 4.79 Å². The second kappa shape index (κ2) is 8.82. The first kappa shape index (κ1) is 16.8. The summed E-state index contributed by atoms with van der Waals surface area (Å²) in [5, 5.41) is 12.4. The number of benzene rings is 1. The van der Waals surface area contributed by atoms with Crippen molar-refractivity contribution in [2.45, 2.75) is 39.2 Å². The average molecular weight is 300 g/mol. The van der Waals surface area contributed by atoms with Gasteiger partial charge in [-0.2, -0.15) is 0 Å². The summed E-state index contributed by atoms with van der Waals surface area (Å²) in [4.78, 5) is 12.3. The zero-order valence-electron chi connectivity index (χ0n) is 12.0. The van der Waals surface area contributed by atoms with Gasteiger partial charge < -0.3 is 15.2 Å². The van der Waals surface area contributed by atoms with Crippen LogP contribution in [0.1, 0.15) is 43.5 Å². The monoisotopic (exact) mass is 299 g/mol. The Bertz CT molecular complexity index is 437. The molecule has 1 aromatic carbocycles. The Kier molecular flexibility index (Phi) is 7.41. The molecule has 4 nitrogen and oxygen atoms in total. The van der Waals surface area contributed by atoms with Gasteiger partial charge in [-0.05, 0) is 37.5 Å². The molecule has 0 saturated carbocycles. The number of hydrogen-bond acceptors (Lipinski definition) is 3. The van der Waals surface area contributed by atoms with E-state index in [0.717, 1.165) is 12.8 Å². The van der Waals surface area contributed by atoms with Crippen LogP contribution in [0, 0.1) is 0 Å². The molecule has 1 rings (SSSR count). The van der Waals surface area contributed by atoms with Gasteiger partial charge in [0.1, 0.15) is 5.75 Å². The standard InChI is InChI=1S/C15H22ClNO3/c1-3-9-20-14-6-5-11(16)10-13(14)15(19)17-12(4-2)7-8-18/h5-6,10,12,18H,3-4,7-9H2,1-2H3,(H,17,19). The lowest BCUT2D eigenvalue weighted by atomic mass is 10.1. The number of nitrogens with one attached hydrogen (secondary N) is 1. The molecule has 0 aromatic heterocycles. The van der Waals surface area contributed by atoms with Crippen molar-refractivity contribution < 1.29 is 14.6 Å². The van der Waals surface area contributed by atoms with Gasteiger partial charge in [0.05, 0.1) is 12.2 Å². The van der Waals surface area contributed by atoms with E-state index in [-0.39, 0.29) is 18.6 Å². The molecule has 0 aliphatic rings. The zero-order valence-corrected chi connectivity index (χ0v) is 12.7. The van der Waals surface area contributed by atoms with Crippen LogP contribution in [0.4, 0.5) is 0 Å². The van der Waals surface area contributed by atoms with Crippen molar-refractivity contribution in [3.05, 3.63) is 28.8 Å². The third-order valence-electron chi connectivity index (χ3n) is 2.95. The van der Waals surface area contributed by atoms with Gasteiger partial charge in [0.2, 0.25) is 0 Å². The molecule has 1 amide bonds. The Hall–Kier alpha value is -1.26. The van der Waals surface area contributed by atoms with Gasteiger partial charge in [-0.15, -0.1) is 0 Å². The van der Waals surface area contributed by atoms with Crippen LogP contribution in [0.25, 0.3) is 0 Å². The van der Waals surface area contributed by atoms with Crippen LogP contribution in [-0.4, -0.2) is 30.3 Å². The predicted molar refractivity (Wildman–Crippen MR) is 80.5 cm³/mol. The number of hydrogen-bond donors (Lipinski definition) is 2. The molecule has 2 N–H and O–H groups in total. The highest BCUT2D eigenvalue weighted by Gasteiger charge is 2.16. The van der Waals surface area contributed by atoms with E-state index in [0.29, 0.717) is 29.4 Å². The highest BCUT2D eigenvalue weighted by molar-refractivity contribution is 6.31. The topological polar surface area (TPSA) is 58.6 Å². The van der Waals surface area contributed by atoms with Gasteiger partial charge in [-0.25, -0.2) is 0 Å². The molecular weight excluding hydrogens is 278 g/mol. The molecule has 112 valence electrons. The fraction of sp³-hybridized carbons (Fsp3) is 0.533. The summed E-state index contributed by atoms with van der Waals surface area (Å²) in [6, 6.07) is 4.97. The second-order valence-electron chi connectivity index (χ2n) is 4.58. The van der Waals surface area contributed by atoms with E-state index in [1.807, 2.05) is 13.8 Å². The van der Waals surface area contributed by atoms with E-state index in [2.05, 4.69) is 5.32 Å². The maximum atomic E-state index is 12.3. The Morgan fingerprint density at radius 2 is 2.20 bits per heavy atom. The lowest BCUT2D eigenvalue weighted by Gasteiger charge is -2.17. The molecule has 0 aliphatic carbocycles. The first-order chi connectivity index (χ1) is 9.62. The van der Waals surface area contributed by atoms with Crippen molar-refractivity contribution in [1.29, 1.82) is 0 Å². The SMILES string of the molecule is CCCOc1ccc(Cl)cc1C(=O)NC(CC)CCO. The molecule has 0 spiro atoms. The number of rotatable bonds is 8. The largest absolute Gasteiger partial charge is 0.493 e. The van der Waals surface area contributed by atoms with Gasteiger partial charge in [0, 0.05) is 17.7 Å². The molecule has 0 heterocycles.